The molecule has 5 heteroatoms. The maximum absolute atomic E-state index is 11.8. The Kier molecular flexibility index (Phi) is 4.11. The van der Waals surface area contributed by atoms with Crippen molar-refractivity contribution in [2.45, 2.75) is 26.3 Å². The Balaban J connectivity index is 2.74. The van der Waals surface area contributed by atoms with Crippen molar-refractivity contribution in [3.05, 3.63) is 35.4 Å². The third-order valence-corrected chi connectivity index (χ3v) is 2.66. The molecule has 1 N–H and O–H groups in total. The van der Waals surface area contributed by atoms with E-state index in [0.29, 0.717) is 11.1 Å². The van der Waals surface area contributed by atoms with Crippen molar-refractivity contribution in [3.8, 4) is 6.07 Å². The number of nitrogens with zero attached hydrogens (tertiary/aromatic N) is 2. The molecule has 0 bridgehead atoms. The molecule has 0 aliphatic carbocycles. The summed E-state index contributed by atoms with van der Waals surface area (Å²) in [6.07, 6.45) is 0. The fraction of sp³-hybridized carbons (Fsp3) is 0.333. The van der Waals surface area contributed by atoms with Crippen molar-refractivity contribution in [1.82, 2.24) is 9.95 Å². The van der Waals surface area contributed by atoms with Gasteiger partial charge in [-0.1, -0.05) is 0 Å². The SMILES string of the molecule is CC(C)(C)N(Cl)NC(=O)c1ccc(C#N)cc1. The van der Waals surface area contributed by atoms with Crippen LogP contribution in [0.2, 0.25) is 0 Å². The van der Waals surface area contributed by atoms with Gasteiger partial charge >= 0.3 is 0 Å². The van der Waals surface area contributed by atoms with Crippen molar-refractivity contribution in [3.63, 3.8) is 0 Å². The third kappa shape index (κ3) is 3.74. The summed E-state index contributed by atoms with van der Waals surface area (Å²) in [5.41, 5.74) is 3.15. The van der Waals surface area contributed by atoms with Gasteiger partial charge in [0.15, 0.2) is 0 Å². The van der Waals surface area contributed by atoms with Crippen LogP contribution in [0.25, 0.3) is 0 Å². The zero-order chi connectivity index (χ0) is 13.1. The first-order chi connectivity index (χ1) is 7.84. The number of rotatable bonds is 2. The van der Waals surface area contributed by atoms with Crippen molar-refractivity contribution in [1.29, 1.82) is 5.26 Å². The van der Waals surface area contributed by atoms with E-state index in [9.17, 15) is 4.79 Å². The molecule has 0 aromatic heterocycles. The lowest BCUT2D eigenvalue weighted by molar-refractivity contribution is 0.0806. The van der Waals surface area contributed by atoms with E-state index < -0.39 is 0 Å². The van der Waals surface area contributed by atoms with Crippen LogP contribution in [0.1, 0.15) is 36.7 Å². The molecule has 0 saturated heterocycles. The summed E-state index contributed by atoms with van der Waals surface area (Å²) in [4.78, 5) is 11.8. The highest BCUT2D eigenvalue weighted by Crippen LogP contribution is 2.13. The zero-order valence-electron chi connectivity index (χ0n) is 9.99. The number of carbonyl (C=O) groups is 1. The van der Waals surface area contributed by atoms with Crippen LogP contribution in [0.3, 0.4) is 0 Å². The minimum atomic E-state index is -0.371. The van der Waals surface area contributed by atoms with Crippen molar-refractivity contribution in [2.75, 3.05) is 0 Å². The topological polar surface area (TPSA) is 56.1 Å². The third-order valence-electron chi connectivity index (χ3n) is 2.06. The minimum Gasteiger partial charge on any atom is -0.270 e. The molecule has 1 aromatic carbocycles. The molecule has 90 valence electrons. The van der Waals surface area contributed by atoms with E-state index in [-0.39, 0.29) is 11.4 Å². The van der Waals surface area contributed by atoms with E-state index in [0.717, 1.165) is 0 Å². The number of benzene rings is 1. The van der Waals surface area contributed by atoms with E-state index in [1.54, 1.807) is 24.3 Å². The molecule has 1 amide bonds. The van der Waals surface area contributed by atoms with Crippen LogP contribution in [0.15, 0.2) is 24.3 Å². The molecular formula is C12H14ClN3O. The van der Waals surface area contributed by atoms with E-state index in [4.69, 9.17) is 17.0 Å². The van der Waals surface area contributed by atoms with Gasteiger partial charge in [-0.3, -0.25) is 10.2 Å². The van der Waals surface area contributed by atoms with Crippen LogP contribution in [-0.4, -0.2) is 16.0 Å². The molecule has 0 unspecified atom stereocenters. The van der Waals surface area contributed by atoms with Crippen LogP contribution in [-0.2, 0) is 0 Å². The van der Waals surface area contributed by atoms with Gasteiger partial charge in [-0.05, 0) is 45.0 Å². The van der Waals surface area contributed by atoms with Crippen molar-refractivity contribution < 1.29 is 4.79 Å². The maximum atomic E-state index is 11.8. The van der Waals surface area contributed by atoms with Crippen LogP contribution < -0.4 is 5.43 Å². The van der Waals surface area contributed by atoms with Gasteiger partial charge in [0, 0.05) is 22.9 Å². The summed E-state index contributed by atoms with van der Waals surface area (Å²) in [5, 5.41) is 8.64. The Morgan fingerprint density at radius 3 is 2.29 bits per heavy atom. The molecule has 4 nitrogen and oxygen atoms in total. The highest BCUT2D eigenvalue weighted by molar-refractivity contribution is 6.14. The van der Waals surface area contributed by atoms with Crippen molar-refractivity contribution in [2.24, 2.45) is 0 Å². The summed E-state index contributed by atoms with van der Waals surface area (Å²) < 4.78 is 1.23. The molecule has 0 aliphatic heterocycles. The number of hydrogen-bond donors (Lipinski definition) is 1. The summed E-state index contributed by atoms with van der Waals surface area (Å²) in [6.45, 7) is 5.62. The molecule has 0 spiro atoms. The molecule has 17 heavy (non-hydrogen) atoms. The Bertz CT molecular complexity index is 442. The molecule has 0 heterocycles. The van der Waals surface area contributed by atoms with Gasteiger partial charge in [0.25, 0.3) is 5.91 Å². The largest absolute Gasteiger partial charge is 0.270 e. The Hall–Kier alpha value is -1.57. The predicted octanol–water partition coefficient (Wildman–Crippen LogP) is 2.46. The van der Waals surface area contributed by atoms with Gasteiger partial charge in [0.1, 0.15) is 0 Å². The molecule has 1 aromatic rings. The molecule has 0 atom stereocenters. The quantitative estimate of drug-likeness (QED) is 0.649. The molecule has 0 radical (unpaired) electrons. The highest BCUT2D eigenvalue weighted by atomic mass is 35.5. The second-order valence-electron chi connectivity index (χ2n) is 4.58. The van der Waals surface area contributed by atoms with Crippen molar-refractivity contribution >= 4 is 17.7 Å². The van der Waals surface area contributed by atoms with Gasteiger partial charge in [-0.2, -0.15) is 5.26 Å². The lowest BCUT2D eigenvalue weighted by atomic mass is 10.1. The molecule has 0 fully saturated rings. The van der Waals surface area contributed by atoms with E-state index >= 15 is 0 Å². The van der Waals surface area contributed by atoms with Crippen LogP contribution >= 0.6 is 11.8 Å². The molecule has 0 aliphatic rings. The lowest BCUT2D eigenvalue weighted by Gasteiger charge is -2.28. The van der Waals surface area contributed by atoms with Gasteiger partial charge in [-0.25, -0.2) is 0 Å². The van der Waals surface area contributed by atoms with Gasteiger partial charge in [0.2, 0.25) is 0 Å². The summed E-state index contributed by atoms with van der Waals surface area (Å²) >= 11 is 5.91. The average Bonchev–Trinajstić information content (AvgIpc) is 2.27. The number of carbonyl (C=O) groups excluding carboxylic acids is 1. The second-order valence-corrected chi connectivity index (χ2v) is 4.92. The van der Waals surface area contributed by atoms with E-state index in [1.165, 1.54) is 4.53 Å². The lowest BCUT2D eigenvalue weighted by Crippen LogP contribution is -2.46. The summed E-state index contributed by atoms with van der Waals surface area (Å²) in [7, 11) is 0. The Morgan fingerprint density at radius 1 is 1.35 bits per heavy atom. The first-order valence-corrected chi connectivity index (χ1v) is 5.45. The number of amides is 1. The fourth-order valence-corrected chi connectivity index (χ4v) is 1.09. The Labute approximate surface area is 106 Å². The monoisotopic (exact) mass is 251 g/mol. The summed E-state index contributed by atoms with van der Waals surface area (Å²) in [6, 6.07) is 8.33. The standard InChI is InChI=1S/C12H14ClN3O/c1-12(2,3)16(13)15-11(17)10-6-4-9(8-14)5-7-10/h4-7H,1-3H3,(H,15,17). The first-order valence-electron chi connectivity index (χ1n) is 5.12. The van der Waals surface area contributed by atoms with Crippen LogP contribution in [0, 0.1) is 11.3 Å². The fourth-order valence-electron chi connectivity index (χ4n) is 1.02. The number of halogens is 1. The average molecular weight is 252 g/mol. The van der Waals surface area contributed by atoms with Gasteiger partial charge in [-0.15, -0.1) is 4.53 Å². The minimum absolute atomic E-state index is 0.306. The number of nitrogens with one attached hydrogen (secondary N) is 1. The number of hydrogen-bond acceptors (Lipinski definition) is 3. The van der Waals surface area contributed by atoms with Crippen LogP contribution in [0.5, 0.6) is 0 Å². The van der Waals surface area contributed by atoms with Gasteiger partial charge < -0.3 is 0 Å². The maximum Gasteiger partial charge on any atom is 0.266 e. The van der Waals surface area contributed by atoms with Crippen LogP contribution in [0.4, 0.5) is 0 Å². The Morgan fingerprint density at radius 2 is 1.88 bits per heavy atom. The van der Waals surface area contributed by atoms with E-state index in [1.807, 2.05) is 26.8 Å². The second kappa shape index (κ2) is 5.17. The molecule has 1 rings (SSSR count). The highest BCUT2D eigenvalue weighted by Gasteiger charge is 2.21. The van der Waals surface area contributed by atoms with E-state index in [2.05, 4.69) is 5.43 Å². The molecule has 0 saturated carbocycles. The zero-order valence-corrected chi connectivity index (χ0v) is 10.7. The smallest absolute Gasteiger partial charge is 0.266 e. The molecular weight excluding hydrogens is 238 g/mol. The predicted molar refractivity (Wildman–Crippen MR) is 66.1 cm³/mol. The number of hydrazine groups is 1. The first kappa shape index (κ1) is 13.5. The van der Waals surface area contributed by atoms with Gasteiger partial charge in [0.05, 0.1) is 11.6 Å². The number of nitriles is 1. The normalized spacial score (nSPS) is 11.1. The summed E-state index contributed by atoms with van der Waals surface area (Å²) in [5.74, 6) is -0.306.